The molecule has 0 aromatic carbocycles. The molecule has 4 heteroatoms. The highest BCUT2D eigenvalue weighted by atomic mass is 15.1. The number of nitrogens with zero attached hydrogens (tertiary/aromatic N) is 3. The van der Waals surface area contributed by atoms with Gasteiger partial charge in [0.2, 0.25) is 0 Å². The van der Waals surface area contributed by atoms with Gasteiger partial charge in [-0.3, -0.25) is 4.98 Å². The van der Waals surface area contributed by atoms with E-state index in [2.05, 4.69) is 34.3 Å². The van der Waals surface area contributed by atoms with Gasteiger partial charge in [0.15, 0.2) is 0 Å². The Labute approximate surface area is 120 Å². The van der Waals surface area contributed by atoms with Gasteiger partial charge >= 0.3 is 0 Å². The summed E-state index contributed by atoms with van der Waals surface area (Å²) in [5.74, 6) is 0.971. The van der Waals surface area contributed by atoms with Crippen molar-refractivity contribution in [2.45, 2.75) is 37.8 Å². The number of fused-ring (bicyclic) bond motifs is 1. The van der Waals surface area contributed by atoms with E-state index in [1.54, 1.807) is 6.20 Å². The molecule has 3 rings (SSSR count). The largest absolute Gasteiger partial charge is 0.367 e. The first-order valence-corrected chi connectivity index (χ1v) is 7.37. The van der Waals surface area contributed by atoms with Gasteiger partial charge < -0.3 is 10.2 Å². The third-order valence-electron chi connectivity index (χ3n) is 4.24. The molecular weight excluding hydrogens is 248 g/mol. The van der Waals surface area contributed by atoms with Crippen molar-refractivity contribution in [2.75, 3.05) is 19.4 Å². The van der Waals surface area contributed by atoms with Crippen LogP contribution in [0.3, 0.4) is 0 Å². The van der Waals surface area contributed by atoms with Crippen molar-refractivity contribution >= 4 is 16.9 Å². The fourth-order valence-corrected chi connectivity index (χ4v) is 2.98. The van der Waals surface area contributed by atoms with Crippen molar-refractivity contribution in [3.05, 3.63) is 30.5 Å². The van der Waals surface area contributed by atoms with Crippen LogP contribution in [0.15, 0.2) is 30.5 Å². The number of aromatic nitrogens is 2. The Morgan fingerprint density at radius 2 is 1.85 bits per heavy atom. The Morgan fingerprint density at radius 1 is 1.05 bits per heavy atom. The zero-order chi connectivity index (χ0) is 13.9. The van der Waals surface area contributed by atoms with E-state index in [0.717, 1.165) is 22.9 Å². The maximum atomic E-state index is 4.64. The number of hydrogen-bond acceptors (Lipinski definition) is 4. The van der Waals surface area contributed by atoms with Gasteiger partial charge in [-0.15, -0.1) is 0 Å². The zero-order valence-electron chi connectivity index (χ0n) is 12.2. The zero-order valence-corrected chi connectivity index (χ0v) is 12.2. The summed E-state index contributed by atoms with van der Waals surface area (Å²) in [5, 5.41) is 3.58. The summed E-state index contributed by atoms with van der Waals surface area (Å²) in [4.78, 5) is 11.3. The quantitative estimate of drug-likeness (QED) is 0.931. The Morgan fingerprint density at radius 3 is 2.60 bits per heavy atom. The van der Waals surface area contributed by atoms with Crippen LogP contribution in [0.4, 0.5) is 5.82 Å². The predicted molar refractivity (Wildman–Crippen MR) is 82.9 cm³/mol. The molecule has 1 fully saturated rings. The Kier molecular flexibility index (Phi) is 3.83. The molecule has 20 heavy (non-hydrogen) atoms. The molecule has 1 saturated carbocycles. The topological polar surface area (TPSA) is 41.0 Å². The normalized spacial score (nSPS) is 23.1. The molecule has 1 N–H and O–H groups in total. The van der Waals surface area contributed by atoms with Crippen molar-refractivity contribution in [2.24, 2.45) is 0 Å². The lowest BCUT2D eigenvalue weighted by atomic mass is 9.90. The van der Waals surface area contributed by atoms with Crippen molar-refractivity contribution in [1.29, 1.82) is 0 Å². The molecule has 0 unspecified atom stereocenters. The van der Waals surface area contributed by atoms with E-state index >= 15 is 0 Å². The summed E-state index contributed by atoms with van der Waals surface area (Å²) in [6.45, 7) is 0. The highest BCUT2D eigenvalue weighted by Crippen LogP contribution is 2.24. The maximum Gasteiger partial charge on any atom is 0.126 e. The Balaban J connectivity index is 1.65. The second-order valence-corrected chi connectivity index (χ2v) is 5.85. The van der Waals surface area contributed by atoms with Gasteiger partial charge in [-0.1, -0.05) is 0 Å². The molecule has 0 atom stereocenters. The van der Waals surface area contributed by atoms with Gasteiger partial charge in [-0.2, -0.15) is 0 Å². The first-order chi connectivity index (χ1) is 9.72. The third kappa shape index (κ3) is 2.90. The minimum Gasteiger partial charge on any atom is -0.367 e. The van der Waals surface area contributed by atoms with Gasteiger partial charge in [0, 0.05) is 18.3 Å². The molecule has 2 aromatic heterocycles. The van der Waals surface area contributed by atoms with Gasteiger partial charge in [0.05, 0.1) is 11.0 Å². The van der Waals surface area contributed by atoms with E-state index in [9.17, 15) is 0 Å². The van der Waals surface area contributed by atoms with Crippen LogP contribution in [-0.4, -0.2) is 41.0 Å². The minimum atomic E-state index is 0.549. The summed E-state index contributed by atoms with van der Waals surface area (Å²) in [7, 11) is 4.35. The van der Waals surface area contributed by atoms with E-state index < -0.39 is 0 Å². The SMILES string of the molecule is CN(C)[C@H]1CC[C@H](Nc2ccc3ncccc3n2)CC1. The van der Waals surface area contributed by atoms with Crippen LogP contribution in [-0.2, 0) is 0 Å². The van der Waals surface area contributed by atoms with Crippen molar-refractivity contribution in [3.8, 4) is 0 Å². The Hall–Kier alpha value is -1.68. The summed E-state index contributed by atoms with van der Waals surface area (Å²) >= 11 is 0. The molecule has 0 aliphatic heterocycles. The molecule has 0 saturated heterocycles. The van der Waals surface area contributed by atoms with Crippen molar-refractivity contribution in [3.63, 3.8) is 0 Å². The molecule has 0 bridgehead atoms. The van der Waals surface area contributed by atoms with E-state index in [0.29, 0.717) is 6.04 Å². The van der Waals surface area contributed by atoms with Crippen LogP contribution >= 0.6 is 0 Å². The lowest BCUT2D eigenvalue weighted by Gasteiger charge is -2.33. The molecule has 0 amide bonds. The van der Waals surface area contributed by atoms with Gasteiger partial charge in [0.25, 0.3) is 0 Å². The minimum absolute atomic E-state index is 0.549. The average molecular weight is 270 g/mol. The molecule has 1 aliphatic rings. The molecule has 4 nitrogen and oxygen atoms in total. The Bertz CT molecular complexity index is 573. The number of nitrogens with one attached hydrogen (secondary N) is 1. The van der Waals surface area contributed by atoms with Gasteiger partial charge in [-0.25, -0.2) is 4.98 Å². The summed E-state index contributed by atoms with van der Waals surface area (Å²) in [6, 6.07) is 9.30. The summed E-state index contributed by atoms with van der Waals surface area (Å²) < 4.78 is 0. The van der Waals surface area contributed by atoms with Gasteiger partial charge in [-0.05, 0) is 64.0 Å². The van der Waals surface area contributed by atoms with E-state index in [1.165, 1.54) is 25.7 Å². The molecule has 1 aliphatic carbocycles. The molecule has 2 heterocycles. The van der Waals surface area contributed by atoms with Crippen LogP contribution in [0, 0.1) is 0 Å². The van der Waals surface area contributed by atoms with Crippen LogP contribution < -0.4 is 5.32 Å². The second kappa shape index (κ2) is 5.75. The highest BCUT2D eigenvalue weighted by Gasteiger charge is 2.22. The van der Waals surface area contributed by atoms with Crippen LogP contribution in [0.2, 0.25) is 0 Å². The summed E-state index contributed by atoms with van der Waals surface area (Å²) in [5.41, 5.74) is 1.91. The monoisotopic (exact) mass is 270 g/mol. The number of anilines is 1. The third-order valence-corrected chi connectivity index (χ3v) is 4.24. The standard InChI is InChI=1S/C16H22N4/c1-20(2)13-7-5-12(6-8-13)18-16-10-9-14-15(19-16)4-3-11-17-14/h3-4,9-13H,5-8H2,1-2H3,(H,18,19)/t12-,13-. The maximum absolute atomic E-state index is 4.64. The van der Waals surface area contributed by atoms with E-state index in [1.807, 2.05) is 24.3 Å². The number of rotatable bonds is 3. The molecular formula is C16H22N4. The summed E-state index contributed by atoms with van der Waals surface area (Å²) in [6.07, 6.45) is 6.77. The van der Waals surface area contributed by atoms with Gasteiger partial charge in [0.1, 0.15) is 5.82 Å². The lowest BCUT2D eigenvalue weighted by Crippen LogP contribution is -2.36. The fourth-order valence-electron chi connectivity index (χ4n) is 2.98. The molecule has 2 aromatic rings. The van der Waals surface area contributed by atoms with Crippen LogP contribution in [0.1, 0.15) is 25.7 Å². The number of hydrogen-bond donors (Lipinski definition) is 1. The average Bonchev–Trinajstić information content (AvgIpc) is 2.48. The predicted octanol–water partition coefficient (Wildman–Crippen LogP) is 2.91. The molecule has 0 spiro atoms. The first kappa shape index (κ1) is 13.3. The molecule has 106 valence electrons. The first-order valence-electron chi connectivity index (χ1n) is 7.37. The lowest BCUT2D eigenvalue weighted by molar-refractivity contribution is 0.221. The van der Waals surface area contributed by atoms with E-state index in [-0.39, 0.29) is 0 Å². The van der Waals surface area contributed by atoms with Crippen LogP contribution in [0.5, 0.6) is 0 Å². The molecule has 0 radical (unpaired) electrons. The highest BCUT2D eigenvalue weighted by molar-refractivity contribution is 5.75. The number of pyridine rings is 2. The van der Waals surface area contributed by atoms with E-state index in [4.69, 9.17) is 0 Å². The fraction of sp³-hybridized carbons (Fsp3) is 0.500. The smallest absolute Gasteiger partial charge is 0.126 e. The van der Waals surface area contributed by atoms with Crippen LogP contribution in [0.25, 0.3) is 11.0 Å². The van der Waals surface area contributed by atoms with Crippen molar-refractivity contribution in [1.82, 2.24) is 14.9 Å². The second-order valence-electron chi connectivity index (χ2n) is 5.85. The van der Waals surface area contributed by atoms with Crippen molar-refractivity contribution < 1.29 is 0 Å².